The van der Waals surface area contributed by atoms with Crippen molar-refractivity contribution in [3.05, 3.63) is 129 Å². The molecule has 11 heteroatoms. The molecular weight excluding hydrogens is 532 g/mol. The van der Waals surface area contributed by atoms with E-state index in [4.69, 9.17) is 4.98 Å². The van der Waals surface area contributed by atoms with Crippen molar-refractivity contribution in [3.8, 4) is 22.4 Å². The summed E-state index contributed by atoms with van der Waals surface area (Å²) < 4.78 is 29.1. The van der Waals surface area contributed by atoms with Crippen LogP contribution in [-0.2, 0) is 10.0 Å². The number of benzene rings is 4. The normalized spacial score (nSPS) is 11.6. The highest BCUT2D eigenvalue weighted by Crippen LogP contribution is 2.36. The Morgan fingerprint density at radius 2 is 1.20 bits per heavy atom. The van der Waals surface area contributed by atoms with Crippen molar-refractivity contribution >= 4 is 43.3 Å². The Morgan fingerprint density at radius 3 is 1.80 bits per heavy atom. The lowest BCUT2D eigenvalue weighted by Crippen LogP contribution is -2.13. The van der Waals surface area contributed by atoms with Crippen molar-refractivity contribution in [2.75, 3.05) is 0 Å². The van der Waals surface area contributed by atoms with Crippen LogP contribution in [0.25, 0.3) is 44.3 Å². The molecule has 0 aliphatic heterocycles. The lowest BCUT2D eigenvalue weighted by atomic mass is 10.0. The van der Waals surface area contributed by atoms with Crippen LogP contribution in [0.15, 0.2) is 114 Å². The highest BCUT2D eigenvalue weighted by atomic mass is 32.2. The lowest BCUT2D eigenvalue weighted by Gasteiger charge is -2.10. The Kier molecular flexibility index (Phi) is 5.85. The van der Waals surface area contributed by atoms with Gasteiger partial charge in [-0.3, -0.25) is 20.2 Å². The summed E-state index contributed by atoms with van der Waals surface area (Å²) in [4.78, 5) is 26.0. The fraction of sp³-hybridized carbons (Fsp3) is 0. The molecule has 6 aromatic rings. The van der Waals surface area contributed by atoms with Gasteiger partial charge in [-0.05, 0) is 71.8 Å². The number of nitro benzene ring substituents is 2. The first-order valence-corrected chi connectivity index (χ1v) is 13.4. The quantitative estimate of drug-likeness (QED) is 0.169. The molecule has 0 atom stereocenters. The summed E-state index contributed by atoms with van der Waals surface area (Å²) in [5.74, 6) is 0. The van der Waals surface area contributed by atoms with Gasteiger partial charge in [0.1, 0.15) is 0 Å². The number of hydrogen-bond acceptors (Lipinski definition) is 7. The number of nitro groups is 2. The van der Waals surface area contributed by atoms with E-state index in [1.54, 1.807) is 66.7 Å². The molecule has 2 aromatic heterocycles. The average Bonchev–Trinajstić information content (AvgIpc) is 3.31. The monoisotopic (exact) mass is 550 g/mol. The van der Waals surface area contributed by atoms with Gasteiger partial charge in [0, 0.05) is 40.6 Å². The lowest BCUT2D eigenvalue weighted by molar-refractivity contribution is -0.385. The van der Waals surface area contributed by atoms with Gasteiger partial charge in [0.25, 0.3) is 21.4 Å². The van der Waals surface area contributed by atoms with Crippen LogP contribution >= 0.6 is 0 Å². The average molecular weight is 551 g/mol. The Bertz CT molecular complexity index is 2050. The topological polar surface area (TPSA) is 138 Å². The van der Waals surface area contributed by atoms with Gasteiger partial charge < -0.3 is 0 Å². The zero-order valence-electron chi connectivity index (χ0n) is 20.5. The van der Waals surface area contributed by atoms with Crippen LogP contribution in [0.3, 0.4) is 0 Å². The van der Waals surface area contributed by atoms with E-state index >= 15 is 0 Å². The summed E-state index contributed by atoms with van der Waals surface area (Å²) in [6.45, 7) is 0. The molecule has 2 heterocycles. The summed E-state index contributed by atoms with van der Waals surface area (Å²) in [5, 5.41) is 23.4. The smallest absolute Gasteiger partial charge is 0.258 e. The maximum Gasteiger partial charge on any atom is 0.269 e. The Morgan fingerprint density at radius 1 is 0.625 bits per heavy atom. The molecule has 0 N–H and O–H groups in total. The zero-order chi connectivity index (χ0) is 28.0. The minimum atomic E-state index is -4.07. The van der Waals surface area contributed by atoms with Gasteiger partial charge in [-0.1, -0.05) is 24.3 Å². The first-order valence-electron chi connectivity index (χ1n) is 12.0. The summed E-state index contributed by atoms with van der Waals surface area (Å²) in [7, 11) is -4.07. The van der Waals surface area contributed by atoms with E-state index in [0.29, 0.717) is 27.5 Å². The van der Waals surface area contributed by atoms with Crippen LogP contribution in [0, 0.1) is 20.2 Å². The van der Waals surface area contributed by atoms with Crippen LogP contribution in [0.5, 0.6) is 0 Å². The zero-order valence-corrected chi connectivity index (χ0v) is 21.4. The standard InChI is InChI=1S/C29H18N4O6S/c34-32(35)22-11-6-19(7-12-22)21-10-17-28-26(18-21)25-15-16-27(20-8-13-23(14-9-20)33(36)37)30-29(25)31(28)40(38,39)24-4-2-1-3-5-24/h1-18H. The van der Waals surface area contributed by atoms with E-state index in [-0.39, 0.29) is 21.9 Å². The van der Waals surface area contributed by atoms with Crippen molar-refractivity contribution in [3.63, 3.8) is 0 Å². The number of non-ortho nitro benzene ring substituents is 2. The Hall–Kier alpha value is -5.42. The summed E-state index contributed by atoms with van der Waals surface area (Å²) >= 11 is 0. The second-order valence-corrected chi connectivity index (χ2v) is 10.8. The molecule has 0 aliphatic rings. The van der Waals surface area contributed by atoms with Gasteiger partial charge in [-0.15, -0.1) is 0 Å². The van der Waals surface area contributed by atoms with Gasteiger partial charge in [0.2, 0.25) is 0 Å². The molecule has 6 rings (SSSR count). The SMILES string of the molecule is O=[N+]([O-])c1ccc(-c2ccc3c(c2)c2ccc(-c4ccc([N+](=O)[O-])cc4)nc2n3S(=O)(=O)c2ccccc2)cc1. The van der Waals surface area contributed by atoms with Crippen molar-refractivity contribution in [1.82, 2.24) is 8.96 Å². The molecule has 4 aromatic carbocycles. The van der Waals surface area contributed by atoms with Gasteiger partial charge >= 0.3 is 0 Å². The van der Waals surface area contributed by atoms with E-state index in [1.165, 1.54) is 40.4 Å². The maximum absolute atomic E-state index is 13.9. The van der Waals surface area contributed by atoms with Crippen LogP contribution < -0.4 is 0 Å². The third kappa shape index (κ3) is 4.14. The van der Waals surface area contributed by atoms with E-state index in [2.05, 4.69) is 0 Å². The first kappa shape index (κ1) is 24.9. The van der Waals surface area contributed by atoms with Crippen LogP contribution in [0.1, 0.15) is 0 Å². The van der Waals surface area contributed by atoms with E-state index < -0.39 is 19.9 Å². The maximum atomic E-state index is 13.9. The van der Waals surface area contributed by atoms with Crippen molar-refractivity contribution in [1.29, 1.82) is 0 Å². The van der Waals surface area contributed by atoms with Gasteiger partial charge in [-0.25, -0.2) is 17.4 Å². The number of nitrogens with zero attached hydrogens (tertiary/aromatic N) is 4. The van der Waals surface area contributed by atoms with E-state index in [9.17, 15) is 28.6 Å². The Labute approximate surface area is 227 Å². The largest absolute Gasteiger partial charge is 0.269 e. The molecule has 0 spiro atoms. The molecule has 0 bridgehead atoms. The fourth-order valence-corrected chi connectivity index (χ4v) is 6.16. The molecule has 0 aliphatic carbocycles. The second-order valence-electron chi connectivity index (χ2n) is 8.99. The number of fused-ring (bicyclic) bond motifs is 3. The highest BCUT2D eigenvalue weighted by molar-refractivity contribution is 7.90. The molecule has 0 radical (unpaired) electrons. The Balaban J connectivity index is 1.59. The summed E-state index contributed by atoms with van der Waals surface area (Å²) in [5.41, 5.74) is 3.04. The molecule has 10 nitrogen and oxygen atoms in total. The van der Waals surface area contributed by atoms with Gasteiger partial charge in [-0.2, -0.15) is 0 Å². The second kappa shape index (κ2) is 9.40. The van der Waals surface area contributed by atoms with Crippen molar-refractivity contribution in [2.45, 2.75) is 4.90 Å². The molecule has 0 saturated carbocycles. The minimum absolute atomic E-state index is 0.0293. The van der Waals surface area contributed by atoms with Crippen LogP contribution in [0.4, 0.5) is 11.4 Å². The fourth-order valence-electron chi connectivity index (χ4n) is 4.67. The molecule has 0 amide bonds. The molecular formula is C29H18N4O6S. The molecule has 40 heavy (non-hydrogen) atoms. The first-order chi connectivity index (χ1) is 19.2. The molecule has 0 fully saturated rings. The molecule has 0 unspecified atom stereocenters. The van der Waals surface area contributed by atoms with E-state index in [1.807, 2.05) is 6.07 Å². The van der Waals surface area contributed by atoms with Gasteiger partial charge in [0.05, 0.1) is 26.0 Å². The predicted molar refractivity (Wildman–Crippen MR) is 150 cm³/mol. The van der Waals surface area contributed by atoms with Crippen LogP contribution in [0.2, 0.25) is 0 Å². The highest BCUT2D eigenvalue weighted by Gasteiger charge is 2.25. The number of rotatable bonds is 6. The molecule has 0 saturated heterocycles. The number of hydrogen-bond donors (Lipinski definition) is 0. The van der Waals surface area contributed by atoms with Gasteiger partial charge in [0.15, 0.2) is 5.65 Å². The van der Waals surface area contributed by atoms with Crippen LogP contribution in [-0.4, -0.2) is 27.2 Å². The predicted octanol–water partition coefficient (Wildman–Crippen LogP) is 6.58. The third-order valence-corrected chi connectivity index (χ3v) is 8.36. The number of pyridine rings is 1. The number of aromatic nitrogens is 2. The third-order valence-electron chi connectivity index (χ3n) is 6.64. The van der Waals surface area contributed by atoms with Crippen molar-refractivity contribution in [2.24, 2.45) is 0 Å². The minimum Gasteiger partial charge on any atom is -0.258 e. The molecule has 196 valence electrons. The summed E-state index contributed by atoms with van der Waals surface area (Å²) in [6, 6.07) is 28.8. The summed E-state index contributed by atoms with van der Waals surface area (Å²) in [6.07, 6.45) is 0. The van der Waals surface area contributed by atoms with E-state index in [0.717, 1.165) is 11.1 Å². The van der Waals surface area contributed by atoms with Crippen molar-refractivity contribution < 1.29 is 18.3 Å².